The van der Waals surface area contributed by atoms with E-state index in [0.29, 0.717) is 18.0 Å². The first-order valence-corrected chi connectivity index (χ1v) is 6.06. The third kappa shape index (κ3) is 4.96. The molecule has 0 amide bonds. The first kappa shape index (κ1) is 12.9. The van der Waals surface area contributed by atoms with Crippen LogP contribution in [0.5, 0.6) is 0 Å². The summed E-state index contributed by atoms with van der Waals surface area (Å²) in [5, 5.41) is 3.69. The lowest BCUT2D eigenvalue weighted by Crippen LogP contribution is -2.44. The Kier molecular flexibility index (Phi) is 6.22. The standard InChI is InChI=1S/C12H25NO2/c1-10(2)12(9-14-3)13-11-5-4-7-15-8-6-11/h10-13H,4-9H2,1-3H3. The van der Waals surface area contributed by atoms with Crippen molar-refractivity contribution in [2.24, 2.45) is 5.92 Å². The smallest absolute Gasteiger partial charge is 0.0618 e. The van der Waals surface area contributed by atoms with Gasteiger partial charge in [0.05, 0.1) is 6.61 Å². The molecule has 3 heteroatoms. The summed E-state index contributed by atoms with van der Waals surface area (Å²) in [5.41, 5.74) is 0. The summed E-state index contributed by atoms with van der Waals surface area (Å²) >= 11 is 0. The van der Waals surface area contributed by atoms with Gasteiger partial charge in [0.2, 0.25) is 0 Å². The van der Waals surface area contributed by atoms with Gasteiger partial charge in [0.15, 0.2) is 0 Å². The highest BCUT2D eigenvalue weighted by molar-refractivity contribution is 4.77. The summed E-state index contributed by atoms with van der Waals surface area (Å²) < 4.78 is 10.7. The fourth-order valence-electron chi connectivity index (χ4n) is 1.99. The summed E-state index contributed by atoms with van der Waals surface area (Å²) in [6.45, 7) is 7.10. The Labute approximate surface area is 93.5 Å². The molecule has 0 aromatic heterocycles. The molecule has 3 nitrogen and oxygen atoms in total. The van der Waals surface area contributed by atoms with Crippen molar-refractivity contribution >= 4 is 0 Å². The van der Waals surface area contributed by atoms with E-state index in [4.69, 9.17) is 9.47 Å². The van der Waals surface area contributed by atoms with E-state index in [-0.39, 0.29) is 0 Å². The van der Waals surface area contributed by atoms with Gasteiger partial charge in [-0.05, 0) is 25.2 Å². The van der Waals surface area contributed by atoms with E-state index in [9.17, 15) is 0 Å². The van der Waals surface area contributed by atoms with Crippen LogP contribution in [0.25, 0.3) is 0 Å². The molecule has 2 unspecified atom stereocenters. The second-order valence-corrected chi connectivity index (χ2v) is 4.71. The molecule has 0 radical (unpaired) electrons. The summed E-state index contributed by atoms with van der Waals surface area (Å²) in [4.78, 5) is 0. The van der Waals surface area contributed by atoms with Crippen LogP contribution in [0.15, 0.2) is 0 Å². The van der Waals surface area contributed by atoms with Gasteiger partial charge >= 0.3 is 0 Å². The van der Waals surface area contributed by atoms with E-state index in [1.807, 2.05) is 0 Å². The lowest BCUT2D eigenvalue weighted by molar-refractivity contribution is 0.130. The van der Waals surface area contributed by atoms with Gasteiger partial charge in [-0.25, -0.2) is 0 Å². The first-order valence-electron chi connectivity index (χ1n) is 6.06. The SMILES string of the molecule is COCC(NC1CCCOCC1)C(C)C. The van der Waals surface area contributed by atoms with Crippen LogP contribution in [0.3, 0.4) is 0 Å². The van der Waals surface area contributed by atoms with Gasteiger partial charge < -0.3 is 14.8 Å². The fraction of sp³-hybridized carbons (Fsp3) is 1.00. The lowest BCUT2D eigenvalue weighted by atomic mass is 10.0. The normalized spacial score (nSPS) is 25.2. The maximum atomic E-state index is 5.46. The number of hydrogen-bond acceptors (Lipinski definition) is 3. The number of nitrogens with one attached hydrogen (secondary N) is 1. The molecule has 90 valence electrons. The third-order valence-corrected chi connectivity index (χ3v) is 3.05. The van der Waals surface area contributed by atoms with Crippen LogP contribution in [0.1, 0.15) is 33.1 Å². The van der Waals surface area contributed by atoms with E-state index < -0.39 is 0 Å². The van der Waals surface area contributed by atoms with Gasteiger partial charge in [0, 0.05) is 32.4 Å². The molecule has 1 aliphatic heterocycles. The van der Waals surface area contributed by atoms with Crippen LogP contribution < -0.4 is 5.32 Å². The highest BCUT2D eigenvalue weighted by Gasteiger charge is 2.19. The van der Waals surface area contributed by atoms with Crippen LogP contribution >= 0.6 is 0 Å². The molecule has 0 spiro atoms. The molecule has 0 aliphatic carbocycles. The molecule has 2 atom stereocenters. The molecule has 0 aromatic rings. The summed E-state index contributed by atoms with van der Waals surface area (Å²) in [6, 6.07) is 1.08. The second kappa shape index (κ2) is 7.20. The molecule has 15 heavy (non-hydrogen) atoms. The number of rotatable bonds is 5. The number of ether oxygens (including phenoxy) is 2. The average molecular weight is 215 g/mol. The molecule has 1 rings (SSSR count). The fourth-order valence-corrected chi connectivity index (χ4v) is 1.99. The van der Waals surface area contributed by atoms with Crippen molar-refractivity contribution in [3.63, 3.8) is 0 Å². The summed E-state index contributed by atoms with van der Waals surface area (Å²) in [7, 11) is 1.77. The highest BCUT2D eigenvalue weighted by atomic mass is 16.5. The predicted octanol–water partition coefficient (Wildman–Crippen LogP) is 1.82. The van der Waals surface area contributed by atoms with Crippen LogP contribution in [-0.2, 0) is 9.47 Å². The van der Waals surface area contributed by atoms with Gasteiger partial charge in [-0.1, -0.05) is 13.8 Å². The zero-order valence-electron chi connectivity index (χ0n) is 10.3. The largest absolute Gasteiger partial charge is 0.383 e. The zero-order valence-corrected chi connectivity index (χ0v) is 10.3. The minimum Gasteiger partial charge on any atom is -0.383 e. The van der Waals surface area contributed by atoms with Crippen molar-refractivity contribution in [2.75, 3.05) is 26.9 Å². The average Bonchev–Trinajstić information content (AvgIpc) is 2.45. The van der Waals surface area contributed by atoms with E-state index in [1.54, 1.807) is 7.11 Å². The first-order chi connectivity index (χ1) is 7.24. The molecule has 1 saturated heterocycles. The molecule has 0 saturated carbocycles. The molecule has 1 fully saturated rings. The van der Waals surface area contributed by atoms with Gasteiger partial charge in [0.25, 0.3) is 0 Å². The maximum absolute atomic E-state index is 5.46. The molecular formula is C12H25NO2. The van der Waals surface area contributed by atoms with Gasteiger partial charge in [-0.3, -0.25) is 0 Å². The van der Waals surface area contributed by atoms with Crippen LogP contribution in [0.2, 0.25) is 0 Å². The zero-order chi connectivity index (χ0) is 11.1. The minimum absolute atomic E-state index is 0.470. The Bertz CT molecular complexity index is 154. The predicted molar refractivity (Wildman–Crippen MR) is 62.1 cm³/mol. The molecule has 1 N–H and O–H groups in total. The van der Waals surface area contributed by atoms with Crippen LogP contribution in [0, 0.1) is 5.92 Å². The van der Waals surface area contributed by atoms with Crippen LogP contribution in [0.4, 0.5) is 0 Å². The molecule has 0 aromatic carbocycles. The summed E-state index contributed by atoms with van der Waals surface area (Å²) in [5.74, 6) is 0.620. The van der Waals surface area contributed by atoms with E-state index in [0.717, 1.165) is 26.2 Å². The van der Waals surface area contributed by atoms with Gasteiger partial charge in [0.1, 0.15) is 0 Å². The monoisotopic (exact) mass is 215 g/mol. The molecule has 1 heterocycles. The molecule has 1 aliphatic rings. The Hall–Kier alpha value is -0.120. The second-order valence-electron chi connectivity index (χ2n) is 4.71. The van der Waals surface area contributed by atoms with Crippen molar-refractivity contribution in [2.45, 2.75) is 45.2 Å². The number of methoxy groups -OCH3 is 1. The topological polar surface area (TPSA) is 30.5 Å². The van der Waals surface area contributed by atoms with E-state index >= 15 is 0 Å². The Balaban J connectivity index is 2.34. The van der Waals surface area contributed by atoms with E-state index in [2.05, 4.69) is 19.2 Å². The van der Waals surface area contributed by atoms with Gasteiger partial charge in [-0.15, -0.1) is 0 Å². The van der Waals surface area contributed by atoms with Gasteiger partial charge in [-0.2, -0.15) is 0 Å². The van der Waals surface area contributed by atoms with Crippen molar-refractivity contribution in [1.29, 1.82) is 0 Å². The highest BCUT2D eigenvalue weighted by Crippen LogP contribution is 2.11. The Morgan fingerprint density at radius 1 is 1.33 bits per heavy atom. The maximum Gasteiger partial charge on any atom is 0.0618 e. The number of hydrogen-bond donors (Lipinski definition) is 1. The Morgan fingerprint density at radius 3 is 2.80 bits per heavy atom. The third-order valence-electron chi connectivity index (χ3n) is 3.05. The van der Waals surface area contributed by atoms with E-state index in [1.165, 1.54) is 12.8 Å². The van der Waals surface area contributed by atoms with Crippen LogP contribution in [-0.4, -0.2) is 39.0 Å². The summed E-state index contributed by atoms with van der Waals surface area (Å²) in [6.07, 6.45) is 3.54. The van der Waals surface area contributed by atoms with Crippen molar-refractivity contribution < 1.29 is 9.47 Å². The van der Waals surface area contributed by atoms with Crippen molar-refractivity contribution in [1.82, 2.24) is 5.32 Å². The molecule has 0 bridgehead atoms. The van der Waals surface area contributed by atoms with Crippen molar-refractivity contribution in [3.8, 4) is 0 Å². The lowest BCUT2D eigenvalue weighted by Gasteiger charge is -2.27. The molecular weight excluding hydrogens is 190 g/mol. The quantitative estimate of drug-likeness (QED) is 0.759. The van der Waals surface area contributed by atoms with Crippen molar-refractivity contribution in [3.05, 3.63) is 0 Å². The Morgan fingerprint density at radius 2 is 2.13 bits per heavy atom. The minimum atomic E-state index is 0.470.